The second-order valence-electron chi connectivity index (χ2n) is 6.61. The van der Waals surface area contributed by atoms with Crippen molar-refractivity contribution in [3.63, 3.8) is 0 Å². The monoisotopic (exact) mass is 378 g/mol. The van der Waals surface area contributed by atoms with Crippen LogP contribution in [-0.2, 0) is 17.8 Å². The van der Waals surface area contributed by atoms with Crippen LogP contribution in [0.2, 0.25) is 0 Å². The smallest absolute Gasteiger partial charge is 0.262 e. The highest BCUT2D eigenvalue weighted by Crippen LogP contribution is 2.26. The molecule has 0 spiro atoms. The fourth-order valence-corrected chi connectivity index (χ4v) is 3.33. The summed E-state index contributed by atoms with van der Waals surface area (Å²) >= 11 is 0. The minimum Gasteiger partial charge on any atom is -0.495 e. The van der Waals surface area contributed by atoms with Crippen LogP contribution in [0, 0.1) is 0 Å². The number of nitrogens with zero attached hydrogens (tertiary/aromatic N) is 3. The molecule has 1 aliphatic rings. The predicted octanol–water partition coefficient (Wildman–Crippen LogP) is 3.31. The zero-order chi connectivity index (χ0) is 19.3. The largest absolute Gasteiger partial charge is 0.495 e. The third-order valence-corrected chi connectivity index (χ3v) is 4.70. The summed E-state index contributed by atoms with van der Waals surface area (Å²) in [7, 11) is 1.57. The molecular formula is C21H22N4O3. The van der Waals surface area contributed by atoms with Gasteiger partial charge in [-0.3, -0.25) is 4.79 Å². The summed E-state index contributed by atoms with van der Waals surface area (Å²) in [6.45, 7) is 0.837. The molecule has 0 unspecified atom stereocenters. The molecule has 0 saturated heterocycles. The van der Waals surface area contributed by atoms with Gasteiger partial charge in [0.25, 0.3) is 5.91 Å². The Bertz CT molecular complexity index is 983. The van der Waals surface area contributed by atoms with E-state index in [1.165, 1.54) is 0 Å². The molecule has 0 radical (unpaired) electrons. The summed E-state index contributed by atoms with van der Waals surface area (Å²) in [6, 6.07) is 14.9. The minimum absolute atomic E-state index is 0.0978. The fraction of sp³-hybridized carbons (Fsp3) is 0.286. The van der Waals surface area contributed by atoms with Crippen LogP contribution < -0.4 is 14.8 Å². The molecule has 28 heavy (non-hydrogen) atoms. The van der Waals surface area contributed by atoms with E-state index in [1.807, 2.05) is 36.4 Å². The Kier molecular flexibility index (Phi) is 5.23. The Morgan fingerprint density at radius 3 is 2.93 bits per heavy atom. The number of amides is 1. The number of carbonyl (C=O) groups is 1. The fourth-order valence-electron chi connectivity index (χ4n) is 3.33. The summed E-state index contributed by atoms with van der Waals surface area (Å²) in [5.41, 5.74) is 1.55. The molecule has 0 fully saturated rings. The number of nitrogens with one attached hydrogen (secondary N) is 1. The van der Waals surface area contributed by atoms with Gasteiger partial charge in [-0.1, -0.05) is 24.3 Å². The van der Waals surface area contributed by atoms with Crippen molar-refractivity contribution in [1.82, 2.24) is 14.8 Å². The van der Waals surface area contributed by atoms with Crippen molar-refractivity contribution < 1.29 is 14.3 Å². The van der Waals surface area contributed by atoms with Crippen molar-refractivity contribution in [3.05, 3.63) is 54.4 Å². The van der Waals surface area contributed by atoms with Crippen LogP contribution >= 0.6 is 0 Å². The van der Waals surface area contributed by atoms with Gasteiger partial charge in [-0.2, -0.15) is 0 Å². The normalized spacial score (nSPS) is 12.9. The van der Waals surface area contributed by atoms with Crippen LogP contribution in [0.4, 0.5) is 5.69 Å². The number of methoxy groups -OCH3 is 1. The molecule has 0 atom stereocenters. The number of anilines is 1. The molecule has 4 rings (SSSR count). The number of hydrogen-bond donors (Lipinski definition) is 1. The van der Waals surface area contributed by atoms with Crippen molar-refractivity contribution in [2.45, 2.75) is 25.8 Å². The van der Waals surface area contributed by atoms with Crippen molar-refractivity contribution in [2.75, 3.05) is 19.0 Å². The van der Waals surface area contributed by atoms with E-state index in [9.17, 15) is 4.79 Å². The quantitative estimate of drug-likeness (QED) is 0.712. The molecule has 1 amide bonds. The molecule has 7 nitrogen and oxygen atoms in total. The molecule has 2 heterocycles. The molecule has 7 heteroatoms. The van der Waals surface area contributed by atoms with E-state index < -0.39 is 0 Å². The summed E-state index contributed by atoms with van der Waals surface area (Å²) < 4.78 is 13.1. The standard InChI is InChI=1S/C21H22N4O3/c1-27-18-10-3-2-9-17(18)22-20(26)14-28-16-8-6-7-15(13-16)21-24-23-19-11-4-5-12-25(19)21/h2-3,6-10,13H,4-5,11-12,14H2,1H3,(H,22,26). The van der Waals surface area contributed by atoms with E-state index in [1.54, 1.807) is 19.2 Å². The second-order valence-corrected chi connectivity index (χ2v) is 6.61. The van der Waals surface area contributed by atoms with Gasteiger partial charge in [-0.15, -0.1) is 10.2 Å². The van der Waals surface area contributed by atoms with Crippen LogP contribution in [-0.4, -0.2) is 34.4 Å². The Morgan fingerprint density at radius 2 is 2.04 bits per heavy atom. The van der Waals surface area contributed by atoms with Gasteiger partial charge in [-0.05, 0) is 37.1 Å². The Labute approximate surface area is 163 Å². The van der Waals surface area contributed by atoms with Gasteiger partial charge >= 0.3 is 0 Å². The van der Waals surface area contributed by atoms with E-state index in [4.69, 9.17) is 9.47 Å². The Balaban J connectivity index is 1.43. The summed E-state index contributed by atoms with van der Waals surface area (Å²) in [4.78, 5) is 12.2. The van der Waals surface area contributed by atoms with Gasteiger partial charge in [0, 0.05) is 18.5 Å². The molecule has 1 aromatic heterocycles. The molecule has 144 valence electrons. The van der Waals surface area contributed by atoms with Gasteiger partial charge in [0.2, 0.25) is 0 Å². The van der Waals surface area contributed by atoms with Crippen molar-refractivity contribution in [1.29, 1.82) is 0 Å². The molecule has 0 aliphatic carbocycles. The number of ether oxygens (including phenoxy) is 2. The first-order chi connectivity index (χ1) is 13.7. The lowest BCUT2D eigenvalue weighted by Gasteiger charge is -2.15. The van der Waals surface area contributed by atoms with Gasteiger partial charge < -0.3 is 19.4 Å². The van der Waals surface area contributed by atoms with E-state index in [-0.39, 0.29) is 12.5 Å². The topological polar surface area (TPSA) is 78.3 Å². The maximum Gasteiger partial charge on any atom is 0.262 e. The average Bonchev–Trinajstić information content (AvgIpc) is 3.17. The van der Waals surface area contributed by atoms with Gasteiger partial charge in [0.15, 0.2) is 12.4 Å². The van der Waals surface area contributed by atoms with Crippen LogP contribution in [0.15, 0.2) is 48.5 Å². The van der Waals surface area contributed by atoms with Crippen molar-refractivity contribution in [3.8, 4) is 22.9 Å². The maximum atomic E-state index is 12.2. The minimum atomic E-state index is -0.255. The molecular weight excluding hydrogens is 356 g/mol. The van der Waals surface area contributed by atoms with Crippen molar-refractivity contribution in [2.24, 2.45) is 0 Å². The summed E-state index contributed by atoms with van der Waals surface area (Å²) in [5, 5.41) is 11.4. The average molecular weight is 378 g/mol. The highest BCUT2D eigenvalue weighted by molar-refractivity contribution is 5.93. The van der Waals surface area contributed by atoms with E-state index in [2.05, 4.69) is 20.1 Å². The Hall–Kier alpha value is -3.35. The number of fused-ring (bicyclic) bond motifs is 1. The number of hydrogen-bond acceptors (Lipinski definition) is 5. The SMILES string of the molecule is COc1ccccc1NC(=O)COc1cccc(-c2nnc3n2CCCC3)c1. The molecule has 0 bridgehead atoms. The number of benzene rings is 2. The number of carbonyl (C=O) groups excluding carboxylic acids is 1. The maximum absolute atomic E-state index is 12.2. The van der Waals surface area contributed by atoms with Crippen LogP contribution in [0.25, 0.3) is 11.4 Å². The first-order valence-corrected chi connectivity index (χ1v) is 9.33. The highest BCUT2D eigenvalue weighted by Gasteiger charge is 2.17. The number of aromatic nitrogens is 3. The lowest BCUT2D eigenvalue weighted by Crippen LogP contribution is -2.20. The number of rotatable bonds is 6. The Morgan fingerprint density at radius 1 is 1.14 bits per heavy atom. The third-order valence-electron chi connectivity index (χ3n) is 4.70. The summed E-state index contributed by atoms with van der Waals surface area (Å²) in [5.74, 6) is 2.84. The van der Waals surface area contributed by atoms with Crippen LogP contribution in [0.1, 0.15) is 18.7 Å². The molecule has 2 aromatic carbocycles. The summed E-state index contributed by atoms with van der Waals surface area (Å²) in [6.07, 6.45) is 3.26. The molecule has 3 aromatic rings. The van der Waals surface area contributed by atoms with Crippen LogP contribution in [0.5, 0.6) is 11.5 Å². The lowest BCUT2D eigenvalue weighted by molar-refractivity contribution is -0.118. The predicted molar refractivity (Wildman–Crippen MR) is 106 cm³/mol. The van der Waals surface area contributed by atoms with E-state index in [0.29, 0.717) is 17.2 Å². The van der Waals surface area contributed by atoms with E-state index in [0.717, 1.165) is 43.0 Å². The highest BCUT2D eigenvalue weighted by atomic mass is 16.5. The van der Waals surface area contributed by atoms with Crippen molar-refractivity contribution >= 4 is 11.6 Å². The number of para-hydroxylation sites is 2. The van der Waals surface area contributed by atoms with Gasteiger partial charge in [0.1, 0.15) is 17.3 Å². The third kappa shape index (κ3) is 3.83. The number of aryl methyl sites for hydroxylation is 1. The van der Waals surface area contributed by atoms with Crippen LogP contribution in [0.3, 0.4) is 0 Å². The first-order valence-electron chi connectivity index (χ1n) is 9.33. The first kappa shape index (κ1) is 18.0. The van der Waals surface area contributed by atoms with E-state index >= 15 is 0 Å². The van der Waals surface area contributed by atoms with Gasteiger partial charge in [0.05, 0.1) is 12.8 Å². The molecule has 0 saturated carbocycles. The second kappa shape index (κ2) is 8.12. The molecule has 1 N–H and O–H groups in total. The zero-order valence-corrected chi connectivity index (χ0v) is 15.7. The van der Waals surface area contributed by atoms with Gasteiger partial charge in [-0.25, -0.2) is 0 Å². The molecule has 1 aliphatic heterocycles. The lowest BCUT2D eigenvalue weighted by atomic mass is 10.1. The zero-order valence-electron chi connectivity index (χ0n) is 15.7.